The molecule has 1 fully saturated rings. The van der Waals surface area contributed by atoms with E-state index in [-0.39, 0.29) is 12.8 Å². The second-order valence-electron chi connectivity index (χ2n) is 6.32. The summed E-state index contributed by atoms with van der Waals surface area (Å²) in [6, 6.07) is -1.65. The van der Waals surface area contributed by atoms with Gasteiger partial charge in [0.05, 0.1) is 6.04 Å². The van der Waals surface area contributed by atoms with E-state index in [9.17, 15) is 35.2 Å². The minimum absolute atomic E-state index is 0.139. The van der Waals surface area contributed by atoms with E-state index in [0.29, 0.717) is 0 Å². The zero-order valence-corrected chi connectivity index (χ0v) is 13.9. The Morgan fingerprint density at radius 1 is 1.21 bits per heavy atom. The van der Waals surface area contributed by atoms with Crippen LogP contribution < -0.4 is 5.32 Å². The van der Waals surface area contributed by atoms with Crippen LogP contribution in [0.1, 0.15) is 40.0 Å². The van der Waals surface area contributed by atoms with Crippen LogP contribution in [0.25, 0.3) is 0 Å². The van der Waals surface area contributed by atoms with E-state index in [4.69, 9.17) is 4.74 Å². The minimum atomic E-state index is -6.24. The molecule has 0 aromatic carbocycles. The predicted octanol–water partition coefficient (Wildman–Crippen LogP) is 2.93. The number of carbonyl (C=O) groups is 1. The Hall–Kier alpha value is -1.17. The van der Waals surface area contributed by atoms with E-state index in [0.717, 1.165) is 0 Å². The minimum Gasteiger partial charge on any atom is -0.444 e. The van der Waals surface area contributed by atoms with Crippen molar-refractivity contribution in [2.45, 2.75) is 69.2 Å². The fraction of sp³-hybridized carbons (Fsp3) is 0.917. The second kappa shape index (κ2) is 6.62. The summed E-state index contributed by atoms with van der Waals surface area (Å²) in [6.45, 7) is 4.47. The summed E-state index contributed by atoms with van der Waals surface area (Å²) in [6.07, 6.45) is -5.03. The van der Waals surface area contributed by atoms with Gasteiger partial charge in [0.25, 0.3) is 5.92 Å². The Balaban J connectivity index is 2.99. The molecular formula is C12H18F5NO5S. The highest BCUT2D eigenvalue weighted by molar-refractivity contribution is 7.87. The van der Waals surface area contributed by atoms with E-state index < -0.39 is 51.8 Å². The zero-order valence-electron chi connectivity index (χ0n) is 13.1. The summed E-state index contributed by atoms with van der Waals surface area (Å²) in [4.78, 5) is 11.6. The van der Waals surface area contributed by atoms with Gasteiger partial charge in [-0.05, 0) is 33.6 Å². The third-order valence-electron chi connectivity index (χ3n) is 3.02. The molecule has 0 bridgehead atoms. The molecule has 0 radical (unpaired) electrons. The lowest BCUT2D eigenvalue weighted by molar-refractivity contribution is -0.138. The number of halogens is 5. The molecule has 12 heteroatoms. The van der Waals surface area contributed by atoms with Crippen LogP contribution in [0.4, 0.5) is 26.7 Å². The number of alkyl halides is 5. The standard InChI is InChI=1S/C12H18F5NO5S/c1-10(2,3)22-9(19)18-7-5-4-6-11(13,14)8(7)23-24(20,21)12(15,16)17/h7-8H,4-6H2,1-3H3,(H,18,19)/t7-,8+/m1/s1. The van der Waals surface area contributed by atoms with Crippen molar-refractivity contribution in [1.82, 2.24) is 5.32 Å². The Labute approximate surface area is 135 Å². The number of rotatable bonds is 3. The van der Waals surface area contributed by atoms with E-state index in [1.54, 1.807) is 0 Å². The van der Waals surface area contributed by atoms with Crippen LogP contribution in [0.5, 0.6) is 0 Å². The smallest absolute Gasteiger partial charge is 0.444 e. The molecule has 1 N–H and O–H groups in total. The maximum atomic E-state index is 13.9. The van der Waals surface area contributed by atoms with Gasteiger partial charge in [0.15, 0.2) is 6.10 Å². The lowest BCUT2D eigenvalue weighted by Gasteiger charge is -2.37. The molecule has 0 heterocycles. The third-order valence-corrected chi connectivity index (χ3v) is 4.05. The van der Waals surface area contributed by atoms with Crippen molar-refractivity contribution >= 4 is 16.2 Å². The van der Waals surface area contributed by atoms with Crippen LogP contribution in [0.3, 0.4) is 0 Å². The molecular weight excluding hydrogens is 365 g/mol. The normalized spacial score (nSPS) is 25.2. The molecule has 1 amide bonds. The van der Waals surface area contributed by atoms with Gasteiger partial charge in [0.2, 0.25) is 0 Å². The van der Waals surface area contributed by atoms with Crippen molar-refractivity contribution in [2.75, 3.05) is 0 Å². The first-order valence-corrected chi connectivity index (χ1v) is 8.33. The lowest BCUT2D eigenvalue weighted by Crippen LogP contribution is -2.57. The number of hydrogen-bond donors (Lipinski definition) is 1. The maximum Gasteiger partial charge on any atom is 0.523 e. The number of hydrogen-bond acceptors (Lipinski definition) is 5. The highest BCUT2D eigenvalue weighted by Gasteiger charge is 2.56. The number of carbonyl (C=O) groups excluding carboxylic acids is 1. The first-order chi connectivity index (χ1) is 10.6. The van der Waals surface area contributed by atoms with Gasteiger partial charge in [-0.1, -0.05) is 0 Å². The van der Waals surface area contributed by atoms with Crippen LogP contribution in [0.15, 0.2) is 0 Å². The second-order valence-corrected chi connectivity index (χ2v) is 7.89. The van der Waals surface area contributed by atoms with E-state index in [2.05, 4.69) is 4.18 Å². The van der Waals surface area contributed by atoms with Gasteiger partial charge in [-0.3, -0.25) is 4.18 Å². The average molecular weight is 383 g/mol. The lowest BCUT2D eigenvalue weighted by atomic mass is 9.89. The summed E-state index contributed by atoms with van der Waals surface area (Å²) in [5, 5.41) is 1.96. The average Bonchev–Trinajstić information content (AvgIpc) is 2.29. The first-order valence-electron chi connectivity index (χ1n) is 6.92. The molecule has 1 aliphatic rings. The van der Waals surface area contributed by atoms with E-state index in [1.165, 1.54) is 20.8 Å². The largest absolute Gasteiger partial charge is 0.523 e. The molecule has 0 aliphatic heterocycles. The summed E-state index contributed by atoms with van der Waals surface area (Å²) in [7, 11) is -6.24. The molecule has 142 valence electrons. The monoisotopic (exact) mass is 383 g/mol. The van der Waals surface area contributed by atoms with Gasteiger partial charge in [0, 0.05) is 6.42 Å². The molecule has 1 aliphatic carbocycles. The fourth-order valence-corrected chi connectivity index (χ4v) is 2.74. The van der Waals surface area contributed by atoms with E-state index >= 15 is 0 Å². The summed E-state index contributed by atoms with van der Waals surface area (Å²) in [5.74, 6) is -3.86. The Morgan fingerprint density at radius 2 is 1.75 bits per heavy atom. The summed E-state index contributed by atoms with van der Waals surface area (Å²) >= 11 is 0. The molecule has 1 rings (SSSR count). The van der Waals surface area contributed by atoms with Crippen LogP contribution in [-0.2, 0) is 19.0 Å². The van der Waals surface area contributed by atoms with Crippen molar-refractivity contribution < 1.29 is 44.1 Å². The number of nitrogens with one attached hydrogen (secondary N) is 1. The van der Waals surface area contributed by atoms with Crippen LogP contribution >= 0.6 is 0 Å². The molecule has 0 unspecified atom stereocenters. The van der Waals surface area contributed by atoms with Crippen molar-refractivity contribution in [3.63, 3.8) is 0 Å². The predicted molar refractivity (Wildman–Crippen MR) is 71.8 cm³/mol. The van der Waals surface area contributed by atoms with E-state index in [1.807, 2.05) is 5.32 Å². The molecule has 0 spiro atoms. The Kier molecular flexibility index (Phi) is 5.76. The molecule has 0 aromatic rings. The molecule has 0 aromatic heterocycles. The topological polar surface area (TPSA) is 81.7 Å². The van der Waals surface area contributed by atoms with Gasteiger partial charge in [0.1, 0.15) is 5.60 Å². The number of amides is 1. The van der Waals surface area contributed by atoms with Crippen molar-refractivity contribution in [1.29, 1.82) is 0 Å². The zero-order chi connectivity index (χ0) is 19.0. The van der Waals surface area contributed by atoms with Gasteiger partial charge < -0.3 is 10.1 Å². The van der Waals surface area contributed by atoms with Crippen LogP contribution in [0.2, 0.25) is 0 Å². The first kappa shape index (κ1) is 20.9. The van der Waals surface area contributed by atoms with Crippen LogP contribution in [0, 0.1) is 0 Å². The van der Waals surface area contributed by atoms with Gasteiger partial charge >= 0.3 is 21.7 Å². The van der Waals surface area contributed by atoms with Gasteiger partial charge in [-0.25, -0.2) is 13.6 Å². The van der Waals surface area contributed by atoms with Crippen molar-refractivity contribution in [2.24, 2.45) is 0 Å². The Morgan fingerprint density at radius 3 is 2.21 bits per heavy atom. The summed E-state index contributed by atoms with van der Waals surface area (Å²) in [5.41, 5.74) is -6.83. The highest BCUT2D eigenvalue weighted by Crippen LogP contribution is 2.39. The van der Waals surface area contributed by atoms with Crippen molar-refractivity contribution in [3.05, 3.63) is 0 Å². The molecule has 1 saturated carbocycles. The van der Waals surface area contributed by atoms with Gasteiger partial charge in [-0.15, -0.1) is 0 Å². The number of ether oxygens (including phenoxy) is 1. The fourth-order valence-electron chi connectivity index (χ4n) is 2.08. The summed E-state index contributed by atoms with van der Waals surface area (Å²) < 4.78 is 95.5. The maximum absolute atomic E-state index is 13.9. The molecule has 24 heavy (non-hydrogen) atoms. The number of alkyl carbamates (subject to hydrolysis) is 1. The highest BCUT2D eigenvalue weighted by atomic mass is 32.2. The Bertz CT molecular complexity index is 569. The quantitative estimate of drug-likeness (QED) is 0.460. The van der Waals surface area contributed by atoms with Crippen LogP contribution in [-0.4, -0.2) is 43.7 Å². The third kappa shape index (κ3) is 5.43. The molecule has 2 atom stereocenters. The van der Waals surface area contributed by atoms with Gasteiger partial charge in [-0.2, -0.15) is 21.6 Å². The molecule has 6 nitrogen and oxygen atoms in total. The molecule has 0 saturated heterocycles. The van der Waals surface area contributed by atoms with Crippen molar-refractivity contribution in [3.8, 4) is 0 Å². The SMILES string of the molecule is CC(C)(C)OC(=O)N[C@@H]1CCCC(F)(F)[C@H]1OS(=O)(=O)C(F)(F)F.